The molecule has 114 valence electrons. The largest absolute Gasteiger partial charge is 0.492 e. The highest BCUT2D eigenvalue weighted by atomic mass is 35.5. The Kier molecular flexibility index (Phi) is 5.98. The van der Waals surface area contributed by atoms with Gasteiger partial charge in [0, 0.05) is 5.56 Å². The predicted molar refractivity (Wildman–Crippen MR) is 88.7 cm³/mol. The summed E-state index contributed by atoms with van der Waals surface area (Å²) in [6.45, 7) is 2.66. The Labute approximate surface area is 134 Å². The van der Waals surface area contributed by atoms with Crippen LogP contribution in [-0.2, 0) is 0 Å². The number of benzene rings is 2. The lowest BCUT2D eigenvalue weighted by Crippen LogP contribution is -2.17. The van der Waals surface area contributed by atoms with E-state index in [1.54, 1.807) is 36.4 Å². The number of hydrogen-bond donors (Lipinski definition) is 1. The van der Waals surface area contributed by atoms with Gasteiger partial charge in [-0.1, -0.05) is 36.7 Å². The number of carbonyl (C=O) groups excluding carboxylic acids is 1. The SMILES string of the molecule is CCCOc1ccc(/C=N/NC(=O)c2ccccc2)cc1Cl. The number of rotatable bonds is 6. The summed E-state index contributed by atoms with van der Waals surface area (Å²) < 4.78 is 5.50. The lowest BCUT2D eigenvalue weighted by atomic mass is 10.2. The quantitative estimate of drug-likeness (QED) is 0.649. The average molecular weight is 317 g/mol. The minimum absolute atomic E-state index is 0.258. The van der Waals surface area contributed by atoms with Gasteiger partial charge in [0.1, 0.15) is 5.75 Å². The summed E-state index contributed by atoms with van der Waals surface area (Å²) in [5.41, 5.74) is 3.81. The maximum Gasteiger partial charge on any atom is 0.271 e. The van der Waals surface area contributed by atoms with E-state index in [0.29, 0.717) is 22.9 Å². The molecule has 0 aliphatic heterocycles. The van der Waals surface area contributed by atoms with Gasteiger partial charge in [-0.2, -0.15) is 5.10 Å². The fourth-order valence-electron chi connectivity index (χ4n) is 1.75. The Morgan fingerprint density at radius 2 is 2.05 bits per heavy atom. The Morgan fingerprint density at radius 3 is 2.73 bits per heavy atom. The normalized spacial score (nSPS) is 10.6. The van der Waals surface area contributed by atoms with Crippen molar-refractivity contribution in [3.63, 3.8) is 0 Å². The van der Waals surface area contributed by atoms with Gasteiger partial charge in [0.05, 0.1) is 17.8 Å². The molecule has 0 saturated heterocycles. The van der Waals surface area contributed by atoms with Crippen LogP contribution in [0.2, 0.25) is 5.02 Å². The third-order valence-corrected chi connectivity index (χ3v) is 3.13. The number of halogens is 1. The van der Waals surface area contributed by atoms with Crippen LogP contribution >= 0.6 is 11.6 Å². The number of hydrogen-bond acceptors (Lipinski definition) is 3. The van der Waals surface area contributed by atoms with Crippen molar-refractivity contribution in [1.29, 1.82) is 0 Å². The van der Waals surface area contributed by atoms with Crippen LogP contribution < -0.4 is 10.2 Å². The highest BCUT2D eigenvalue weighted by Gasteiger charge is 2.03. The number of ether oxygens (including phenoxy) is 1. The van der Waals surface area contributed by atoms with Gasteiger partial charge in [-0.25, -0.2) is 5.43 Å². The number of amides is 1. The molecule has 0 heterocycles. The summed E-state index contributed by atoms with van der Waals surface area (Å²) in [6.07, 6.45) is 2.46. The van der Waals surface area contributed by atoms with Crippen LogP contribution in [0.4, 0.5) is 0 Å². The van der Waals surface area contributed by atoms with Crippen LogP contribution in [0.1, 0.15) is 29.3 Å². The van der Waals surface area contributed by atoms with Crippen LogP contribution in [0.5, 0.6) is 5.75 Å². The molecule has 0 aliphatic carbocycles. The highest BCUT2D eigenvalue weighted by molar-refractivity contribution is 6.32. The molecule has 0 unspecified atom stereocenters. The van der Waals surface area contributed by atoms with Crippen molar-refractivity contribution >= 4 is 23.7 Å². The summed E-state index contributed by atoms with van der Waals surface area (Å²) in [7, 11) is 0. The van der Waals surface area contributed by atoms with Crippen LogP contribution in [0.25, 0.3) is 0 Å². The van der Waals surface area contributed by atoms with Crippen molar-refractivity contribution in [3.8, 4) is 5.75 Å². The van der Waals surface area contributed by atoms with Gasteiger partial charge in [-0.3, -0.25) is 4.79 Å². The predicted octanol–water partition coefficient (Wildman–Crippen LogP) is 3.89. The van der Waals surface area contributed by atoms with Crippen molar-refractivity contribution in [2.75, 3.05) is 6.61 Å². The smallest absolute Gasteiger partial charge is 0.271 e. The monoisotopic (exact) mass is 316 g/mol. The second-order valence-corrected chi connectivity index (χ2v) is 5.01. The molecule has 1 amide bonds. The van der Waals surface area contributed by atoms with Crippen LogP contribution in [0.3, 0.4) is 0 Å². The molecule has 4 nitrogen and oxygen atoms in total. The van der Waals surface area contributed by atoms with Crippen molar-refractivity contribution in [2.45, 2.75) is 13.3 Å². The molecule has 0 fully saturated rings. The van der Waals surface area contributed by atoms with Gasteiger partial charge in [0.25, 0.3) is 5.91 Å². The van der Waals surface area contributed by atoms with Gasteiger partial charge in [0.2, 0.25) is 0 Å². The number of nitrogens with one attached hydrogen (secondary N) is 1. The zero-order valence-corrected chi connectivity index (χ0v) is 13.0. The summed E-state index contributed by atoms with van der Waals surface area (Å²) >= 11 is 6.13. The molecular weight excluding hydrogens is 300 g/mol. The standard InChI is InChI=1S/C17H17ClN2O2/c1-2-10-22-16-9-8-13(11-15(16)18)12-19-20-17(21)14-6-4-3-5-7-14/h3-9,11-12H,2,10H2,1H3,(H,20,21)/b19-12+. The Balaban J connectivity index is 1.96. The van der Waals surface area contributed by atoms with E-state index >= 15 is 0 Å². The van der Waals surface area contributed by atoms with Gasteiger partial charge < -0.3 is 4.74 Å². The molecular formula is C17H17ClN2O2. The molecule has 0 aromatic heterocycles. The first-order chi connectivity index (χ1) is 10.7. The molecule has 0 bridgehead atoms. The van der Waals surface area contributed by atoms with E-state index in [2.05, 4.69) is 10.5 Å². The molecule has 0 spiro atoms. The lowest BCUT2D eigenvalue weighted by molar-refractivity contribution is 0.0955. The zero-order valence-electron chi connectivity index (χ0n) is 12.3. The third-order valence-electron chi connectivity index (χ3n) is 2.83. The lowest BCUT2D eigenvalue weighted by Gasteiger charge is -2.06. The van der Waals surface area contributed by atoms with Crippen LogP contribution in [0, 0.1) is 0 Å². The average Bonchev–Trinajstić information content (AvgIpc) is 2.55. The maximum atomic E-state index is 11.8. The van der Waals surface area contributed by atoms with E-state index in [0.717, 1.165) is 12.0 Å². The topological polar surface area (TPSA) is 50.7 Å². The van der Waals surface area contributed by atoms with Gasteiger partial charge in [0.15, 0.2) is 0 Å². The summed E-state index contributed by atoms with van der Waals surface area (Å²) in [5, 5.41) is 4.45. The first-order valence-corrected chi connectivity index (χ1v) is 7.39. The maximum absolute atomic E-state index is 11.8. The van der Waals surface area contributed by atoms with E-state index < -0.39 is 0 Å². The minimum Gasteiger partial charge on any atom is -0.492 e. The number of carbonyl (C=O) groups is 1. The number of hydrazone groups is 1. The molecule has 22 heavy (non-hydrogen) atoms. The van der Waals surface area contributed by atoms with E-state index in [1.165, 1.54) is 6.21 Å². The molecule has 2 aromatic carbocycles. The van der Waals surface area contributed by atoms with E-state index in [-0.39, 0.29) is 5.91 Å². The van der Waals surface area contributed by atoms with Crippen LogP contribution in [-0.4, -0.2) is 18.7 Å². The van der Waals surface area contributed by atoms with Gasteiger partial charge >= 0.3 is 0 Å². The van der Waals surface area contributed by atoms with Crippen molar-refractivity contribution in [1.82, 2.24) is 5.43 Å². The number of nitrogens with zero attached hydrogens (tertiary/aromatic N) is 1. The minimum atomic E-state index is -0.258. The Hall–Kier alpha value is -2.33. The fraction of sp³-hybridized carbons (Fsp3) is 0.176. The van der Waals surface area contributed by atoms with Crippen LogP contribution in [0.15, 0.2) is 53.6 Å². The second-order valence-electron chi connectivity index (χ2n) is 4.60. The molecule has 0 radical (unpaired) electrons. The molecule has 5 heteroatoms. The van der Waals surface area contributed by atoms with Crippen molar-refractivity contribution in [2.24, 2.45) is 5.10 Å². The molecule has 0 saturated carbocycles. The van der Waals surface area contributed by atoms with E-state index in [4.69, 9.17) is 16.3 Å². The summed E-state index contributed by atoms with van der Waals surface area (Å²) in [4.78, 5) is 11.8. The Bertz CT molecular complexity index is 657. The van der Waals surface area contributed by atoms with Crippen molar-refractivity contribution < 1.29 is 9.53 Å². The Morgan fingerprint density at radius 1 is 1.27 bits per heavy atom. The third kappa shape index (κ3) is 4.60. The first kappa shape index (κ1) is 16.0. The molecule has 2 aromatic rings. The van der Waals surface area contributed by atoms with Gasteiger partial charge in [-0.05, 0) is 42.3 Å². The highest BCUT2D eigenvalue weighted by Crippen LogP contribution is 2.24. The summed E-state index contributed by atoms with van der Waals surface area (Å²) in [5.74, 6) is 0.389. The second kappa shape index (κ2) is 8.20. The van der Waals surface area contributed by atoms with Crippen molar-refractivity contribution in [3.05, 3.63) is 64.7 Å². The fourth-order valence-corrected chi connectivity index (χ4v) is 1.99. The first-order valence-electron chi connectivity index (χ1n) is 7.01. The molecule has 0 aliphatic rings. The summed E-state index contributed by atoms with van der Waals surface area (Å²) in [6, 6.07) is 14.3. The van der Waals surface area contributed by atoms with E-state index in [1.807, 2.05) is 19.1 Å². The van der Waals surface area contributed by atoms with Gasteiger partial charge in [-0.15, -0.1) is 0 Å². The molecule has 1 N–H and O–H groups in total. The molecule has 0 atom stereocenters. The zero-order chi connectivity index (χ0) is 15.8. The van der Waals surface area contributed by atoms with E-state index in [9.17, 15) is 4.79 Å². The molecule has 2 rings (SSSR count).